The van der Waals surface area contributed by atoms with Crippen LogP contribution in [0.4, 0.5) is 0 Å². The Morgan fingerprint density at radius 2 is 1.88 bits per heavy atom. The lowest BCUT2D eigenvalue weighted by molar-refractivity contribution is 0.486. The molecule has 0 saturated heterocycles. The first kappa shape index (κ1) is 14.7. The predicted octanol–water partition coefficient (Wildman–Crippen LogP) is 2.09. The van der Waals surface area contributed by atoms with Gasteiger partial charge in [0.05, 0.1) is 5.02 Å². The van der Waals surface area contributed by atoms with E-state index in [-0.39, 0.29) is 16.5 Å². The number of halogens is 2. The van der Waals surface area contributed by atoms with Gasteiger partial charge in [0.1, 0.15) is 4.90 Å². The van der Waals surface area contributed by atoms with Crippen LogP contribution in [0.25, 0.3) is 0 Å². The Balaban J connectivity index is 3.42. The van der Waals surface area contributed by atoms with Crippen molar-refractivity contribution in [1.82, 2.24) is 4.31 Å². The molecule has 0 bridgehead atoms. The van der Waals surface area contributed by atoms with Crippen LogP contribution in [-0.2, 0) is 16.6 Å². The first-order chi connectivity index (χ1) is 7.84. The normalized spacial score (nSPS) is 12.1. The molecule has 0 amide bonds. The Kier molecular flexibility index (Phi) is 4.80. The number of nitrogens with two attached hydrogens (primary N) is 1. The summed E-state index contributed by atoms with van der Waals surface area (Å²) in [5, 5.41) is 0.475. The highest BCUT2D eigenvalue weighted by molar-refractivity contribution is 7.89. The van der Waals surface area contributed by atoms with Gasteiger partial charge in [-0.15, -0.1) is 0 Å². The summed E-state index contributed by atoms with van der Waals surface area (Å²) in [6.07, 6.45) is 0. The molecule has 0 aliphatic heterocycles. The summed E-state index contributed by atoms with van der Waals surface area (Å²) >= 11 is 11.8. The molecule has 0 atom stereocenters. The van der Waals surface area contributed by atoms with Crippen LogP contribution in [0.3, 0.4) is 0 Å². The topological polar surface area (TPSA) is 63.4 Å². The fourth-order valence-corrected chi connectivity index (χ4v) is 3.29. The Hall–Kier alpha value is -0.330. The lowest BCUT2D eigenvalue weighted by atomic mass is 10.2. The van der Waals surface area contributed by atoms with Crippen molar-refractivity contribution in [2.24, 2.45) is 5.73 Å². The molecule has 0 heterocycles. The minimum Gasteiger partial charge on any atom is -0.326 e. The lowest BCUT2D eigenvalue weighted by Gasteiger charge is -2.17. The monoisotopic (exact) mass is 296 g/mol. The van der Waals surface area contributed by atoms with Crippen molar-refractivity contribution < 1.29 is 8.42 Å². The van der Waals surface area contributed by atoms with Gasteiger partial charge in [-0.3, -0.25) is 0 Å². The van der Waals surface area contributed by atoms with E-state index in [4.69, 9.17) is 28.9 Å². The third kappa shape index (κ3) is 2.92. The third-order valence-electron chi connectivity index (χ3n) is 2.45. The molecule has 0 spiro atoms. The van der Waals surface area contributed by atoms with E-state index < -0.39 is 10.0 Å². The Labute approximate surface area is 111 Å². The van der Waals surface area contributed by atoms with Crippen molar-refractivity contribution in [1.29, 1.82) is 0 Å². The van der Waals surface area contributed by atoms with Crippen LogP contribution in [0.5, 0.6) is 0 Å². The van der Waals surface area contributed by atoms with E-state index in [9.17, 15) is 8.42 Å². The van der Waals surface area contributed by atoms with E-state index >= 15 is 0 Å². The molecular formula is C10H14Cl2N2O2S. The van der Waals surface area contributed by atoms with Crippen LogP contribution in [0.1, 0.15) is 12.5 Å². The maximum atomic E-state index is 12.1. The van der Waals surface area contributed by atoms with Gasteiger partial charge in [-0.2, -0.15) is 0 Å². The summed E-state index contributed by atoms with van der Waals surface area (Å²) in [6, 6.07) is 2.83. The minimum atomic E-state index is -3.58. The van der Waals surface area contributed by atoms with Gasteiger partial charge < -0.3 is 5.73 Å². The minimum absolute atomic E-state index is 0.0355. The van der Waals surface area contributed by atoms with Crippen LogP contribution in [0.15, 0.2) is 17.0 Å². The van der Waals surface area contributed by atoms with Gasteiger partial charge in [0.25, 0.3) is 0 Å². The highest BCUT2D eigenvalue weighted by Gasteiger charge is 2.23. The van der Waals surface area contributed by atoms with Crippen molar-refractivity contribution in [2.45, 2.75) is 18.4 Å². The fourth-order valence-electron chi connectivity index (χ4n) is 1.26. The number of rotatable bonds is 4. The molecule has 4 nitrogen and oxygen atoms in total. The predicted molar refractivity (Wildman–Crippen MR) is 69.8 cm³/mol. The number of hydrogen-bond acceptors (Lipinski definition) is 3. The van der Waals surface area contributed by atoms with Gasteiger partial charge in [0.15, 0.2) is 0 Å². The van der Waals surface area contributed by atoms with Crippen molar-refractivity contribution in [3.63, 3.8) is 0 Å². The van der Waals surface area contributed by atoms with Crippen LogP contribution in [0, 0.1) is 0 Å². The fraction of sp³-hybridized carbons (Fsp3) is 0.400. The maximum Gasteiger partial charge on any atom is 0.244 e. The highest BCUT2D eigenvalue weighted by atomic mass is 35.5. The van der Waals surface area contributed by atoms with Crippen LogP contribution >= 0.6 is 23.2 Å². The summed E-state index contributed by atoms with van der Waals surface area (Å²) in [5.41, 5.74) is 6.04. The van der Waals surface area contributed by atoms with E-state index in [0.717, 1.165) is 0 Å². The van der Waals surface area contributed by atoms with Crippen LogP contribution in [0.2, 0.25) is 10.0 Å². The zero-order chi connectivity index (χ0) is 13.2. The van der Waals surface area contributed by atoms with Crippen molar-refractivity contribution >= 4 is 33.2 Å². The summed E-state index contributed by atoms with van der Waals surface area (Å²) in [6.45, 7) is 2.26. The zero-order valence-electron chi connectivity index (χ0n) is 9.57. The van der Waals surface area contributed by atoms with Gasteiger partial charge in [0.2, 0.25) is 10.0 Å². The second-order valence-corrected chi connectivity index (χ2v) is 6.33. The van der Waals surface area contributed by atoms with Gasteiger partial charge in [-0.1, -0.05) is 30.1 Å². The number of sulfonamides is 1. The molecule has 1 aromatic rings. The second-order valence-electron chi connectivity index (χ2n) is 3.50. The largest absolute Gasteiger partial charge is 0.326 e. The summed E-state index contributed by atoms with van der Waals surface area (Å²) < 4.78 is 25.5. The number of hydrogen-bond donors (Lipinski definition) is 1. The molecule has 0 aliphatic rings. The first-order valence-corrected chi connectivity index (χ1v) is 7.18. The quantitative estimate of drug-likeness (QED) is 0.925. The molecular weight excluding hydrogens is 283 g/mol. The maximum absolute atomic E-state index is 12.1. The molecule has 0 aliphatic carbocycles. The number of nitrogens with zero attached hydrogens (tertiary/aromatic N) is 1. The third-order valence-corrected chi connectivity index (χ3v) is 5.20. The van der Waals surface area contributed by atoms with Crippen molar-refractivity contribution in [3.8, 4) is 0 Å². The number of benzene rings is 1. The highest BCUT2D eigenvalue weighted by Crippen LogP contribution is 2.29. The molecule has 7 heteroatoms. The smallest absolute Gasteiger partial charge is 0.244 e. The molecule has 0 saturated carbocycles. The van der Waals surface area contributed by atoms with E-state index in [1.807, 2.05) is 0 Å². The summed E-state index contributed by atoms with van der Waals surface area (Å²) in [7, 11) is -2.09. The van der Waals surface area contributed by atoms with E-state index in [0.29, 0.717) is 17.1 Å². The van der Waals surface area contributed by atoms with E-state index in [1.54, 1.807) is 6.92 Å². The molecule has 1 aromatic carbocycles. The molecule has 0 radical (unpaired) electrons. The zero-order valence-corrected chi connectivity index (χ0v) is 11.9. The Morgan fingerprint density at radius 1 is 1.29 bits per heavy atom. The molecule has 96 valence electrons. The van der Waals surface area contributed by atoms with Crippen molar-refractivity contribution in [2.75, 3.05) is 13.6 Å². The van der Waals surface area contributed by atoms with Crippen LogP contribution in [-0.4, -0.2) is 26.3 Å². The molecule has 17 heavy (non-hydrogen) atoms. The van der Waals surface area contributed by atoms with E-state index in [2.05, 4.69) is 0 Å². The summed E-state index contributed by atoms with van der Waals surface area (Å²) in [4.78, 5) is 0.0355. The molecule has 2 N–H and O–H groups in total. The van der Waals surface area contributed by atoms with Crippen LogP contribution < -0.4 is 5.73 Å². The molecule has 1 rings (SSSR count). The molecule has 0 unspecified atom stereocenters. The van der Waals surface area contributed by atoms with Gasteiger partial charge in [0, 0.05) is 25.2 Å². The lowest BCUT2D eigenvalue weighted by Crippen LogP contribution is -2.27. The summed E-state index contributed by atoms with van der Waals surface area (Å²) in [5.74, 6) is 0. The SMILES string of the molecule is CCN(C)S(=O)(=O)c1cc(CN)c(Cl)cc1Cl. The standard InChI is InChI=1S/C10H14Cl2N2O2S/c1-3-14(2)17(15,16)10-4-7(6-13)8(11)5-9(10)12/h4-5H,3,6,13H2,1-2H3. The van der Waals surface area contributed by atoms with E-state index in [1.165, 1.54) is 23.5 Å². The second kappa shape index (κ2) is 5.54. The van der Waals surface area contributed by atoms with Gasteiger partial charge in [-0.25, -0.2) is 12.7 Å². The molecule has 0 fully saturated rings. The van der Waals surface area contributed by atoms with Gasteiger partial charge >= 0.3 is 0 Å². The average molecular weight is 297 g/mol. The first-order valence-electron chi connectivity index (χ1n) is 4.99. The average Bonchev–Trinajstić information content (AvgIpc) is 2.27. The Bertz CT molecular complexity index is 517. The molecule has 0 aromatic heterocycles. The van der Waals surface area contributed by atoms with Crippen molar-refractivity contribution in [3.05, 3.63) is 27.7 Å². The Morgan fingerprint density at radius 3 is 2.35 bits per heavy atom. The van der Waals surface area contributed by atoms with Gasteiger partial charge in [-0.05, 0) is 17.7 Å².